The number of aryl methyl sites for hydroxylation is 1. The van der Waals surface area contributed by atoms with Crippen LogP contribution in [0, 0.1) is 5.92 Å². The van der Waals surface area contributed by atoms with Crippen LogP contribution in [0.1, 0.15) is 83.9 Å². The highest BCUT2D eigenvalue weighted by Crippen LogP contribution is 2.38. The Morgan fingerprint density at radius 3 is 2.24 bits per heavy atom. The summed E-state index contributed by atoms with van der Waals surface area (Å²) in [6.07, 6.45) is 12.1. The molecule has 1 aromatic carbocycles. The molecule has 67 heavy (non-hydrogen) atoms. The van der Waals surface area contributed by atoms with Crippen molar-refractivity contribution in [3.05, 3.63) is 66.6 Å². The molecule has 9 N–H and O–H groups in total. The lowest BCUT2D eigenvalue weighted by atomic mass is 10.0. The van der Waals surface area contributed by atoms with E-state index in [4.69, 9.17) is 10.6 Å². The van der Waals surface area contributed by atoms with Gasteiger partial charge in [0.05, 0.1) is 37.1 Å². The molecule has 0 radical (unpaired) electrons. The minimum Gasteiger partial charge on any atom is -0.396 e. The lowest BCUT2D eigenvalue weighted by Gasteiger charge is -2.28. The maximum Gasteiger partial charge on any atom is 0.469 e. The average molecular weight is 956 g/mol. The van der Waals surface area contributed by atoms with Crippen molar-refractivity contribution in [2.75, 3.05) is 19.8 Å². The molecule has 0 aliphatic carbocycles. The second kappa shape index (κ2) is 26.3. The third-order valence-electron chi connectivity index (χ3n) is 10.8. The topological polar surface area (TPSA) is 332 Å². The zero-order chi connectivity index (χ0) is 49.1. The number of unbranched alkanes of at least 4 members (excludes halogenated alkanes) is 3. The Balaban J connectivity index is 1.40. The summed E-state index contributed by atoms with van der Waals surface area (Å²) in [5.41, 5.74) is 8.45. The lowest BCUT2D eigenvalue weighted by Crippen LogP contribution is -2.61. The maximum atomic E-state index is 14.1. The van der Waals surface area contributed by atoms with E-state index in [-0.39, 0.29) is 24.7 Å². The molecule has 1 fully saturated rings. The lowest BCUT2D eigenvalue weighted by molar-refractivity contribution is -0.139. The smallest absolute Gasteiger partial charge is 0.396 e. The van der Waals surface area contributed by atoms with Gasteiger partial charge in [0.25, 0.3) is 0 Å². The Hall–Kier alpha value is -6.13. The van der Waals surface area contributed by atoms with Crippen molar-refractivity contribution in [3.8, 4) is 11.3 Å². The van der Waals surface area contributed by atoms with Crippen LogP contribution in [0.5, 0.6) is 0 Å². The number of benzene rings is 1. The standard InChI is InChI=1S/C43H62N11O12P/c1-27(2)20-33(50-43(61)37-10-9-18-54(37)29(4)56)40(58)49-34(41(59)51-36(25-55)42(60)52-38(39(44)57)28(3)66-67(62,63)64)21-32-23-46-26-53(32)17-7-5-6-8-19-65-48-22-30-11-13-31(14-12-30)35-24-45-15-16-47-35/h11-16,22-24,26-28,33-34,36-38,55H,5-10,17-21,25H2,1-4H3,(H2,44,57)(H,49,58)(H,50,61)(H,51,59)(H,52,60)(H2,62,63,64)/b48-22+/t28-,33+,34+,36+,37+,38+/m1/s1. The van der Waals surface area contributed by atoms with Gasteiger partial charge >= 0.3 is 7.82 Å². The number of carbonyl (C=O) groups excluding carboxylic acids is 6. The van der Waals surface area contributed by atoms with E-state index < -0.39 is 80.3 Å². The van der Waals surface area contributed by atoms with Crippen LogP contribution in [0.25, 0.3) is 11.3 Å². The maximum absolute atomic E-state index is 14.1. The molecule has 2 aromatic heterocycles. The largest absolute Gasteiger partial charge is 0.469 e. The molecule has 0 unspecified atom stereocenters. The number of amides is 6. The molecule has 3 aromatic rings. The molecule has 23 nitrogen and oxygen atoms in total. The first kappa shape index (κ1) is 53.5. The van der Waals surface area contributed by atoms with Crippen LogP contribution >= 0.6 is 7.82 Å². The van der Waals surface area contributed by atoms with E-state index >= 15 is 0 Å². The van der Waals surface area contributed by atoms with Crippen LogP contribution in [0.2, 0.25) is 0 Å². The Kier molecular flexibility index (Phi) is 21.0. The molecule has 4 rings (SSSR count). The first-order valence-corrected chi connectivity index (χ1v) is 23.5. The third kappa shape index (κ3) is 17.6. The molecule has 366 valence electrons. The fourth-order valence-corrected chi connectivity index (χ4v) is 7.91. The summed E-state index contributed by atoms with van der Waals surface area (Å²) in [4.78, 5) is 117. The number of aromatic nitrogens is 4. The van der Waals surface area contributed by atoms with Crippen molar-refractivity contribution >= 4 is 49.5 Å². The first-order valence-electron chi connectivity index (χ1n) is 22.0. The highest BCUT2D eigenvalue weighted by Gasteiger charge is 2.37. The summed E-state index contributed by atoms with van der Waals surface area (Å²) >= 11 is 0. The Morgan fingerprint density at radius 1 is 0.910 bits per heavy atom. The van der Waals surface area contributed by atoms with Gasteiger partial charge in [-0.05, 0) is 56.9 Å². The molecule has 0 spiro atoms. The van der Waals surface area contributed by atoms with Crippen LogP contribution in [0.3, 0.4) is 0 Å². The van der Waals surface area contributed by atoms with E-state index in [0.29, 0.717) is 44.7 Å². The molecule has 6 atom stereocenters. The summed E-state index contributed by atoms with van der Waals surface area (Å²) < 4.78 is 17.7. The normalized spacial score (nSPS) is 16.2. The second-order valence-corrected chi connectivity index (χ2v) is 17.7. The number of hydrogen-bond donors (Lipinski definition) is 8. The molecule has 1 saturated heterocycles. The van der Waals surface area contributed by atoms with Gasteiger partial charge in [0.2, 0.25) is 35.4 Å². The number of nitrogens with zero attached hydrogens (tertiary/aromatic N) is 6. The van der Waals surface area contributed by atoms with Gasteiger partial charge < -0.3 is 56.2 Å². The van der Waals surface area contributed by atoms with Crippen molar-refractivity contribution in [2.24, 2.45) is 16.8 Å². The van der Waals surface area contributed by atoms with E-state index in [1.165, 1.54) is 18.0 Å². The number of likely N-dealkylation sites (tertiary alicyclic amines) is 1. The zero-order valence-corrected chi connectivity index (χ0v) is 38.9. The number of imidazole rings is 1. The number of phosphoric acid groups is 1. The SMILES string of the molecule is CC(=O)N1CCC[C@H]1C(=O)N[C@@H](CC(C)C)C(=O)N[C@@H](Cc1cncn1CCCCCCO/N=C/c1ccc(-c2cnccn2)cc1)C(=O)N[C@@H](CO)C(=O)N[C@H](C(N)=O)[C@@H](C)OP(=O)(O)O. The Labute approximate surface area is 388 Å². The minimum atomic E-state index is -5.13. The van der Waals surface area contributed by atoms with Gasteiger partial charge in [-0.15, -0.1) is 0 Å². The predicted molar refractivity (Wildman–Crippen MR) is 242 cm³/mol. The minimum absolute atomic E-state index is 0.103. The number of rotatable bonds is 27. The summed E-state index contributed by atoms with van der Waals surface area (Å²) in [5.74, 6) is -4.96. The average Bonchev–Trinajstić information content (AvgIpc) is 3.96. The van der Waals surface area contributed by atoms with E-state index in [9.17, 15) is 48.2 Å². The number of primary amides is 1. The van der Waals surface area contributed by atoms with Crippen LogP contribution in [-0.2, 0) is 55.7 Å². The zero-order valence-electron chi connectivity index (χ0n) is 38.0. The van der Waals surface area contributed by atoms with Crippen molar-refractivity contribution in [3.63, 3.8) is 0 Å². The van der Waals surface area contributed by atoms with Gasteiger partial charge in [-0.1, -0.05) is 49.7 Å². The number of phosphoric ester groups is 1. The first-order chi connectivity index (χ1) is 31.9. The number of carbonyl (C=O) groups is 6. The highest BCUT2D eigenvalue weighted by atomic mass is 31.2. The predicted octanol–water partition coefficient (Wildman–Crippen LogP) is 0.465. The van der Waals surface area contributed by atoms with E-state index in [1.54, 1.807) is 31.1 Å². The molecule has 0 saturated carbocycles. The van der Waals surface area contributed by atoms with Gasteiger partial charge in [-0.3, -0.25) is 43.3 Å². The Bertz CT molecular complexity index is 2190. The van der Waals surface area contributed by atoms with Crippen LogP contribution in [-0.4, -0.2) is 137 Å². The van der Waals surface area contributed by atoms with Crippen molar-refractivity contribution < 1.29 is 57.6 Å². The molecule has 24 heteroatoms. The number of aliphatic hydroxyl groups is 1. The molecular formula is C43H62N11O12P. The van der Waals surface area contributed by atoms with Crippen LogP contribution in [0.4, 0.5) is 0 Å². The van der Waals surface area contributed by atoms with Gasteiger partial charge in [-0.25, -0.2) is 9.55 Å². The molecule has 1 aliphatic rings. The number of nitrogens with two attached hydrogens (primary N) is 1. The van der Waals surface area contributed by atoms with Crippen molar-refractivity contribution in [2.45, 2.75) is 122 Å². The molecule has 1 aliphatic heterocycles. The fourth-order valence-electron chi connectivity index (χ4n) is 7.36. The molecule has 6 amide bonds. The monoisotopic (exact) mass is 955 g/mol. The summed E-state index contributed by atoms with van der Waals surface area (Å²) in [5, 5.41) is 24.2. The van der Waals surface area contributed by atoms with E-state index in [2.05, 4.69) is 45.9 Å². The number of aliphatic hydroxyl groups excluding tert-OH is 1. The third-order valence-corrected chi connectivity index (χ3v) is 11.4. The van der Waals surface area contributed by atoms with Gasteiger partial charge in [0.1, 0.15) is 36.8 Å². The molecule has 0 bridgehead atoms. The summed E-state index contributed by atoms with van der Waals surface area (Å²) in [6.45, 7) is 6.40. The van der Waals surface area contributed by atoms with Crippen molar-refractivity contribution in [1.82, 2.24) is 45.7 Å². The van der Waals surface area contributed by atoms with Gasteiger partial charge in [-0.2, -0.15) is 0 Å². The number of nitrogens with one attached hydrogen (secondary N) is 4. The van der Waals surface area contributed by atoms with E-state index in [0.717, 1.165) is 43.0 Å². The molecule has 3 heterocycles. The quantitative estimate of drug-likeness (QED) is 0.0223. The van der Waals surface area contributed by atoms with E-state index in [1.807, 2.05) is 42.7 Å². The highest BCUT2D eigenvalue weighted by molar-refractivity contribution is 7.46. The second-order valence-electron chi connectivity index (χ2n) is 16.5. The number of oxime groups is 1. The van der Waals surface area contributed by atoms with Crippen molar-refractivity contribution in [1.29, 1.82) is 0 Å². The van der Waals surface area contributed by atoms with Gasteiger partial charge in [0.15, 0.2) is 0 Å². The fraction of sp³-hybridized carbons (Fsp3) is 0.535. The number of hydrogen-bond acceptors (Lipinski definition) is 14. The summed E-state index contributed by atoms with van der Waals surface area (Å²) in [6, 6.07) is 0.793. The van der Waals surface area contributed by atoms with Gasteiger partial charge in [0, 0.05) is 56.3 Å². The Morgan fingerprint density at radius 2 is 1.60 bits per heavy atom. The van der Waals surface area contributed by atoms with Crippen LogP contribution < -0.4 is 27.0 Å². The van der Waals surface area contributed by atoms with Crippen LogP contribution in [0.15, 0.2) is 60.5 Å². The molecular weight excluding hydrogens is 894 g/mol. The summed E-state index contributed by atoms with van der Waals surface area (Å²) in [7, 11) is -5.13.